The molecule has 5 unspecified atom stereocenters. The van der Waals surface area contributed by atoms with E-state index in [-0.39, 0.29) is 47.0 Å². The van der Waals surface area contributed by atoms with Gasteiger partial charge in [-0.25, -0.2) is 0 Å². The van der Waals surface area contributed by atoms with Gasteiger partial charge in [0, 0.05) is 35.1 Å². The Kier molecular flexibility index (Phi) is 13.3. The standard InChI is InChI=1S/C22H20O6.C6H13NO3.C3H8.C2H6/c1-10-12-4-3-5-16(28-2)18(12)22(27)19-17(10)21(26)14-8-11(15(24)9-23)6-7-13(14)20(19)25;1-3-6(9)4(7)2-5(8)10-3;1-3-2;1-2/h3-5,11,23,25-26H,1,6-9H2,2H3;3-6,8-9H,2,7H2,1H3;3H2,1-2H3;1-2H3. The van der Waals surface area contributed by atoms with E-state index in [4.69, 9.17) is 25.4 Å². The average molecular weight is 602 g/mol. The van der Waals surface area contributed by atoms with Crippen LogP contribution >= 0.6 is 0 Å². The highest BCUT2D eigenvalue weighted by Gasteiger charge is 2.38. The Hall–Kier alpha value is -3.28. The van der Waals surface area contributed by atoms with Crippen molar-refractivity contribution in [3.8, 4) is 17.2 Å². The van der Waals surface area contributed by atoms with Crippen molar-refractivity contribution in [3.05, 3.63) is 58.2 Å². The normalized spacial score (nSPS) is 23.4. The largest absolute Gasteiger partial charge is 0.507 e. The van der Waals surface area contributed by atoms with E-state index in [0.717, 1.165) is 0 Å². The summed E-state index contributed by atoms with van der Waals surface area (Å²) in [5, 5.41) is 49.2. The molecule has 3 aliphatic rings. The van der Waals surface area contributed by atoms with Crippen molar-refractivity contribution < 1.29 is 44.6 Å². The number of carbonyl (C=O) groups excluding carboxylic acids is 2. The van der Waals surface area contributed by atoms with E-state index >= 15 is 0 Å². The number of rotatable bonds is 3. The first-order chi connectivity index (χ1) is 20.4. The number of aliphatic hydroxyl groups is 3. The molecule has 0 aromatic heterocycles. The van der Waals surface area contributed by atoms with Crippen molar-refractivity contribution in [3.63, 3.8) is 0 Å². The van der Waals surface area contributed by atoms with Gasteiger partial charge in [0.1, 0.15) is 23.9 Å². The zero-order valence-corrected chi connectivity index (χ0v) is 26.0. The summed E-state index contributed by atoms with van der Waals surface area (Å²) < 4.78 is 10.2. The van der Waals surface area contributed by atoms with Crippen LogP contribution in [-0.4, -0.2) is 75.4 Å². The minimum absolute atomic E-state index is 0.0187. The van der Waals surface area contributed by atoms with E-state index in [1.165, 1.54) is 13.5 Å². The number of ketones is 2. The topological polar surface area (TPSA) is 180 Å². The lowest BCUT2D eigenvalue weighted by atomic mass is 9.74. The Bertz CT molecular complexity index is 1290. The zero-order valence-electron chi connectivity index (χ0n) is 26.0. The predicted octanol–water partition coefficient (Wildman–Crippen LogP) is 3.62. The first-order valence-electron chi connectivity index (χ1n) is 14.8. The van der Waals surface area contributed by atoms with Crippen LogP contribution in [0.15, 0.2) is 24.8 Å². The number of methoxy groups -OCH3 is 1. The molecule has 0 spiro atoms. The predicted molar refractivity (Wildman–Crippen MR) is 164 cm³/mol. The summed E-state index contributed by atoms with van der Waals surface area (Å²) in [4.78, 5) is 25.2. The van der Waals surface area contributed by atoms with Crippen LogP contribution < -0.4 is 10.5 Å². The molecule has 1 aliphatic heterocycles. The molecule has 0 radical (unpaired) electrons. The Morgan fingerprint density at radius 3 is 2.26 bits per heavy atom. The quantitative estimate of drug-likeness (QED) is 0.243. The first-order valence-corrected chi connectivity index (χ1v) is 14.8. The molecular formula is C33H47NO9. The summed E-state index contributed by atoms with van der Waals surface area (Å²) in [7, 11) is 1.46. The lowest BCUT2D eigenvalue weighted by Crippen LogP contribution is -2.51. The molecule has 1 fully saturated rings. The van der Waals surface area contributed by atoms with E-state index in [2.05, 4.69) is 20.4 Å². The maximum Gasteiger partial charge on any atom is 0.201 e. The highest BCUT2D eigenvalue weighted by molar-refractivity contribution is 6.22. The van der Waals surface area contributed by atoms with Gasteiger partial charge < -0.3 is 40.7 Å². The second-order valence-corrected chi connectivity index (χ2v) is 10.6. The van der Waals surface area contributed by atoms with E-state index < -0.39 is 30.7 Å². The van der Waals surface area contributed by atoms with Crippen LogP contribution in [0.2, 0.25) is 0 Å². The number of nitrogens with two attached hydrogens (primary N) is 1. The Labute approximate surface area is 253 Å². The maximum absolute atomic E-state index is 13.2. The van der Waals surface area contributed by atoms with Gasteiger partial charge in [0.25, 0.3) is 0 Å². The first kappa shape index (κ1) is 35.9. The molecule has 0 saturated carbocycles. The van der Waals surface area contributed by atoms with Crippen LogP contribution in [0.3, 0.4) is 0 Å². The Balaban J connectivity index is 0.000000358. The molecule has 1 saturated heterocycles. The fourth-order valence-corrected chi connectivity index (χ4v) is 5.45. The van der Waals surface area contributed by atoms with Gasteiger partial charge >= 0.3 is 0 Å². The third kappa shape index (κ3) is 7.45. The third-order valence-corrected chi connectivity index (χ3v) is 7.56. The monoisotopic (exact) mass is 601 g/mol. The molecule has 0 bridgehead atoms. The van der Waals surface area contributed by atoms with Crippen LogP contribution in [0.1, 0.15) is 92.1 Å². The second-order valence-electron chi connectivity index (χ2n) is 10.6. The fraction of sp³-hybridized carbons (Fsp3) is 0.515. The molecule has 7 N–H and O–H groups in total. The van der Waals surface area contributed by atoms with Gasteiger partial charge in [-0.2, -0.15) is 0 Å². The van der Waals surface area contributed by atoms with Crippen molar-refractivity contribution in [2.45, 2.75) is 91.3 Å². The molecule has 2 aromatic rings. The van der Waals surface area contributed by atoms with Crippen LogP contribution in [0.25, 0.3) is 5.57 Å². The van der Waals surface area contributed by atoms with Gasteiger partial charge in [0.05, 0.1) is 30.4 Å². The highest BCUT2D eigenvalue weighted by atomic mass is 16.6. The lowest BCUT2D eigenvalue weighted by molar-refractivity contribution is -0.198. The molecule has 43 heavy (non-hydrogen) atoms. The smallest absolute Gasteiger partial charge is 0.201 e. The molecule has 10 nitrogen and oxygen atoms in total. The summed E-state index contributed by atoms with van der Waals surface area (Å²) in [6.45, 7) is 13.4. The number of ether oxygens (including phenoxy) is 2. The van der Waals surface area contributed by atoms with Gasteiger partial charge in [0.2, 0.25) is 5.78 Å². The van der Waals surface area contributed by atoms with Gasteiger partial charge in [-0.3, -0.25) is 9.59 Å². The number of carbonyl (C=O) groups is 2. The summed E-state index contributed by atoms with van der Waals surface area (Å²) in [5.74, 6) is -1.10. The van der Waals surface area contributed by atoms with Gasteiger partial charge in [-0.05, 0) is 43.4 Å². The zero-order chi connectivity index (χ0) is 32.6. The molecule has 0 amide bonds. The summed E-state index contributed by atoms with van der Waals surface area (Å²) in [5.41, 5.74) is 7.84. The molecule has 238 valence electrons. The Morgan fingerprint density at radius 2 is 1.70 bits per heavy atom. The van der Waals surface area contributed by atoms with Crippen molar-refractivity contribution in [2.24, 2.45) is 11.7 Å². The Morgan fingerprint density at radius 1 is 1.09 bits per heavy atom. The molecule has 2 aromatic carbocycles. The van der Waals surface area contributed by atoms with Crippen molar-refractivity contribution in [2.75, 3.05) is 13.7 Å². The molecule has 5 rings (SSSR count). The minimum Gasteiger partial charge on any atom is -0.507 e. The summed E-state index contributed by atoms with van der Waals surface area (Å²) in [6, 6.07) is 4.75. The number of aromatic hydroxyl groups is 2. The second kappa shape index (κ2) is 16.0. The SMILES string of the molecule is C=C1c2cccc(OC)c2C(=O)c2c(O)c3c(c(O)c21)CC(C(=O)CO)CC3.CC.CC1OC(O)CC(N)C1O.CCC. The van der Waals surface area contributed by atoms with E-state index in [1.807, 2.05) is 13.8 Å². The maximum atomic E-state index is 13.2. The molecule has 5 atom stereocenters. The van der Waals surface area contributed by atoms with Crippen molar-refractivity contribution in [1.82, 2.24) is 0 Å². The number of phenolic OH excluding ortho intramolecular Hbond substituents is 2. The van der Waals surface area contributed by atoms with Crippen LogP contribution in [0.4, 0.5) is 0 Å². The molecular weight excluding hydrogens is 554 g/mol. The van der Waals surface area contributed by atoms with E-state index in [1.54, 1.807) is 25.1 Å². The number of hydrogen-bond acceptors (Lipinski definition) is 10. The number of hydrogen-bond donors (Lipinski definition) is 6. The number of fused-ring (bicyclic) bond motifs is 3. The van der Waals surface area contributed by atoms with Gasteiger partial charge in [-0.1, -0.05) is 52.8 Å². The highest BCUT2D eigenvalue weighted by Crippen LogP contribution is 2.50. The minimum atomic E-state index is -0.812. The number of aliphatic hydroxyl groups excluding tert-OH is 3. The van der Waals surface area contributed by atoms with E-state index in [9.17, 15) is 24.9 Å². The van der Waals surface area contributed by atoms with Crippen LogP contribution in [0, 0.1) is 5.92 Å². The number of phenols is 2. The summed E-state index contributed by atoms with van der Waals surface area (Å²) >= 11 is 0. The molecule has 1 heterocycles. The van der Waals surface area contributed by atoms with E-state index in [0.29, 0.717) is 52.8 Å². The lowest BCUT2D eigenvalue weighted by Gasteiger charge is -2.33. The fourth-order valence-electron chi connectivity index (χ4n) is 5.45. The molecule has 10 heteroatoms. The van der Waals surface area contributed by atoms with Crippen LogP contribution in [0.5, 0.6) is 17.2 Å². The van der Waals surface area contributed by atoms with Crippen molar-refractivity contribution in [1.29, 1.82) is 0 Å². The number of benzene rings is 2. The van der Waals surface area contributed by atoms with Crippen molar-refractivity contribution >= 4 is 17.1 Å². The summed E-state index contributed by atoms with van der Waals surface area (Å²) in [6.07, 6.45) is 0.708. The average Bonchev–Trinajstić information content (AvgIpc) is 3.01. The van der Waals surface area contributed by atoms with Crippen LogP contribution in [-0.2, 0) is 22.4 Å². The third-order valence-electron chi connectivity index (χ3n) is 7.56. The van der Waals surface area contributed by atoms with Gasteiger partial charge in [0.15, 0.2) is 12.1 Å². The number of Topliss-reactive ketones (excluding diaryl/α,β-unsaturated/α-hetero) is 1. The van der Waals surface area contributed by atoms with Gasteiger partial charge in [-0.15, -0.1) is 0 Å². The molecule has 2 aliphatic carbocycles.